The lowest BCUT2D eigenvalue weighted by Gasteiger charge is -2.26. The summed E-state index contributed by atoms with van der Waals surface area (Å²) in [7, 11) is 0. The van der Waals surface area contributed by atoms with Gasteiger partial charge >= 0.3 is 0 Å². The highest BCUT2D eigenvalue weighted by Crippen LogP contribution is 2.49. The van der Waals surface area contributed by atoms with E-state index in [0.29, 0.717) is 45.2 Å². The van der Waals surface area contributed by atoms with E-state index in [4.69, 9.17) is 31.4 Å². The van der Waals surface area contributed by atoms with Crippen LogP contribution in [0.25, 0.3) is 113 Å². The standard InChI is InChI=1S/C82H98N8/c1-75(2,3)49-31-45(32-50(39-49)76(4,5)6)67-59-25-26-60(85-59)68(46-33-51(77(7,8)9)40-52(34-46)78(10,11)12)62-28-30-64(87-62)70(48-37-55(81(19,20)21)42-56(38-48)82(22,23)24)72-74-73(88-65-43-57(83)58(84)44-66(65)89-74)71(90-72)69(63-29-27-61(67)86-63)47-35-53(79(13,14)15)41-54(36-47)80(16,17)18/h25-44,86-87H,83-84H2,1-24H3. The van der Waals surface area contributed by atoms with Crippen molar-refractivity contribution in [2.45, 2.75) is 209 Å². The first-order chi connectivity index (χ1) is 41.4. The highest BCUT2D eigenvalue weighted by molar-refractivity contribution is 6.05. The second kappa shape index (κ2) is 21.2. The summed E-state index contributed by atoms with van der Waals surface area (Å²) in [5.74, 6) is 0. The lowest BCUT2D eigenvalue weighted by molar-refractivity contribution is 0.568. The van der Waals surface area contributed by atoms with Crippen LogP contribution in [0, 0.1) is 0 Å². The number of nitrogens with one attached hydrogen (secondary N) is 2. The van der Waals surface area contributed by atoms with E-state index in [9.17, 15) is 0 Å². The molecule has 6 N–H and O–H groups in total. The molecule has 0 radical (unpaired) electrons. The fraction of sp³-hybridized carbons (Fsp3) is 0.390. The maximum atomic E-state index is 6.70. The van der Waals surface area contributed by atoms with Crippen molar-refractivity contribution in [3.05, 3.63) is 165 Å². The van der Waals surface area contributed by atoms with Crippen molar-refractivity contribution in [1.82, 2.24) is 29.9 Å². The summed E-state index contributed by atoms with van der Waals surface area (Å²) < 4.78 is 0. The maximum Gasteiger partial charge on any atom is 0.118 e. The smallest absolute Gasteiger partial charge is 0.118 e. The van der Waals surface area contributed by atoms with Crippen LogP contribution in [0.1, 0.15) is 222 Å². The Morgan fingerprint density at radius 2 is 0.478 bits per heavy atom. The van der Waals surface area contributed by atoms with Crippen LogP contribution >= 0.6 is 0 Å². The Morgan fingerprint density at radius 1 is 0.256 bits per heavy atom. The van der Waals surface area contributed by atoms with Crippen LogP contribution < -0.4 is 11.5 Å². The molecule has 11 rings (SSSR count). The minimum absolute atomic E-state index is 0.151. The van der Waals surface area contributed by atoms with Crippen LogP contribution in [0.2, 0.25) is 0 Å². The fourth-order valence-electron chi connectivity index (χ4n) is 12.3. The SMILES string of the molecule is CC(C)(C)c1cc(-c2c3nc(c(-c4cc(C(C)(C)C)cc(C(C)(C)C)c4)c4ccc([nH]4)c(-c4cc(C(C)(C)C)cc(C(C)(C)C)c4)c4nc(c(-c5cc(C(C)(C)C)cc(C(C)(C)C)c5)c5ccc2[nH]5)-c2nc5cc(N)c(N)cc5nc2-4)C=C3)cc(C(C)(C)C)c1. The van der Waals surface area contributed by atoms with Crippen molar-refractivity contribution in [2.24, 2.45) is 0 Å². The molecular formula is C82H98N8. The fourth-order valence-corrected chi connectivity index (χ4v) is 12.3. The highest BCUT2D eigenvalue weighted by atomic mass is 14.9. The van der Waals surface area contributed by atoms with Gasteiger partial charge in [0.1, 0.15) is 22.8 Å². The number of benzene rings is 5. The van der Waals surface area contributed by atoms with Crippen molar-refractivity contribution >= 4 is 56.6 Å². The Balaban J connectivity index is 1.47. The van der Waals surface area contributed by atoms with Gasteiger partial charge in [-0.2, -0.15) is 0 Å². The average molecular weight is 1200 g/mol. The van der Waals surface area contributed by atoms with Gasteiger partial charge in [-0.1, -0.05) is 239 Å². The molecule has 2 aliphatic heterocycles. The van der Waals surface area contributed by atoms with Gasteiger partial charge in [0.05, 0.1) is 33.8 Å². The number of H-pyrrole nitrogens is 2. The molecule has 8 nitrogen and oxygen atoms in total. The number of anilines is 2. The number of hydrogen-bond acceptors (Lipinski definition) is 6. The first kappa shape index (κ1) is 63.5. The number of hydrogen-bond donors (Lipinski definition) is 4. The third-order valence-corrected chi connectivity index (χ3v) is 18.4. The van der Waals surface area contributed by atoms with Crippen molar-refractivity contribution in [2.75, 3.05) is 11.5 Å². The van der Waals surface area contributed by atoms with E-state index in [1.165, 1.54) is 44.5 Å². The van der Waals surface area contributed by atoms with Crippen molar-refractivity contribution in [3.63, 3.8) is 0 Å². The summed E-state index contributed by atoms with van der Waals surface area (Å²) in [5, 5.41) is 0. The molecule has 0 atom stereocenters. The minimum Gasteiger partial charge on any atom is -0.397 e. The largest absolute Gasteiger partial charge is 0.397 e. The monoisotopic (exact) mass is 1190 g/mol. The van der Waals surface area contributed by atoms with Crippen molar-refractivity contribution < 1.29 is 0 Å². The molecule has 4 aromatic heterocycles. The molecule has 0 saturated carbocycles. The summed E-state index contributed by atoms with van der Waals surface area (Å²) >= 11 is 0. The Bertz CT molecular complexity index is 4190. The molecule has 9 aromatic rings. The molecule has 0 aliphatic carbocycles. The third-order valence-electron chi connectivity index (χ3n) is 18.4. The molecule has 8 bridgehead atoms. The molecule has 0 fully saturated rings. The zero-order valence-corrected chi connectivity index (χ0v) is 58.5. The van der Waals surface area contributed by atoms with Crippen LogP contribution in [0.5, 0.6) is 0 Å². The second-order valence-corrected chi connectivity index (χ2v) is 34.2. The van der Waals surface area contributed by atoms with Crippen LogP contribution in [-0.4, -0.2) is 29.9 Å². The molecule has 90 heavy (non-hydrogen) atoms. The summed E-state index contributed by atoms with van der Waals surface area (Å²) in [5.41, 5.74) is 40.1. The lowest BCUT2D eigenvalue weighted by Crippen LogP contribution is -2.16. The topological polar surface area (TPSA) is 135 Å². The van der Waals surface area contributed by atoms with Gasteiger partial charge in [-0.15, -0.1) is 0 Å². The third kappa shape index (κ3) is 12.1. The zero-order valence-electron chi connectivity index (χ0n) is 58.5. The Hall–Kier alpha value is -8.10. The summed E-state index contributed by atoms with van der Waals surface area (Å²) in [6.45, 7) is 55.3. The van der Waals surface area contributed by atoms with E-state index in [2.05, 4.69) is 285 Å². The van der Waals surface area contributed by atoms with Crippen LogP contribution in [0.4, 0.5) is 11.4 Å². The van der Waals surface area contributed by atoms with E-state index < -0.39 is 0 Å². The van der Waals surface area contributed by atoms with Gasteiger partial charge in [-0.25, -0.2) is 19.9 Å². The van der Waals surface area contributed by atoms with E-state index >= 15 is 0 Å². The number of aromatic nitrogens is 6. The normalized spacial score (nSPS) is 13.6. The molecule has 0 spiro atoms. The van der Waals surface area contributed by atoms with Crippen molar-refractivity contribution in [3.8, 4) is 67.3 Å². The number of rotatable bonds is 4. The molecule has 6 heterocycles. The molecule has 466 valence electrons. The number of nitrogens with two attached hydrogens (primary N) is 2. The molecule has 0 unspecified atom stereocenters. The Kier molecular flexibility index (Phi) is 15.0. The first-order valence-electron chi connectivity index (χ1n) is 32.4. The Morgan fingerprint density at radius 3 is 0.711 bits per heavy atom. The van der Waals surface area contributed by atoms with Gasteiger partial charge in [-0.05, 0) is 159 Å². The molecular weight excluding hydrogens is 1100 g/mol. The summed E-state index contributed by atoms with van der Waals surface area (Å²) in [6.07, 6.45) is 4.47. The van der Waals surface area contributed by atoms with Gasteiger partial charge in [0.25, 0.3) is 0 Å². The number of fused-ring (bicyclic) bond motifs is 12. The van der Waals surface area contributed by atoms with E-state index in [-0.39, 0.29) is 43.3 Å². The number of aromatic amines is 2. The first-order valence-corrected chi connectivity index (χ1v) is 32.4. The van der Waals surface area contributed by atoms with E-state index in [1.807, 2.05) is 12.1 Å². The average Bonchev–Trinajstić information content (AvgIpc) is 1.56. The second-order valence-electron chi connectivity index (χ2n) is 34.2. The number of nitrogen functional groups attached to an aromatic ring is 2. The lowest BCUT2D eigenvalue weighted by atomic mass is 9.78. The van der Waals surface area contributed by atoms with Gasteiger partial charge in [-0.3, -0.25) is 0 Å². The van der Waals surface area contributed by atoms with E-state index in [1.54, 1.807) is 0 Å². The quantitative estimate of drug-likeness (QED) is 0.130. The van der Waals surface area contributed by atoms with E-state index in [0.717, 1.165) is 78.0 Å². The molecule has 2 aliphatic rings. The summed E-state index contributed by atoms with van der Waals surface area (Å²) in [6, 6.07) is 41.3. The Labute approximate surface area is 537 Å². The predicted octanol–water partition coefficient (Wildman–Crippen LogP) is 22.0. The molecule has 0 amide bonds. The number of nitrogens with zero attached hydrogens (tertiary/aromatic N) is 4. The maximum absolute atomic E-state index is 6.70. The highest BCUT2D eigenvalue weighted by Gasteiger charge is 2.33. The van der Waals surface area contributed by atoms with Crippen LogP contribution in [-0.2, 0) is 43.3 Å². The minimum atomic E-state index is -0.200. The molecule has 5 aromatic carbocycles. The van der Waals surface area contributed by atoms with Gasteiger partial charge in [0.15, 0.2) is 0 Å². The van der Waals surface area contributed by atoms with Gasteiger partial charge < -0.3 is 21.4 Å². The van der Waals surface area contributed by atoms with Crippen molar-refractivity contribution in [1.29, 1.82) is 0 Å². The molecule has 0 saturated heterocycles. The van der Waals surface area contributed by atoms with Crippen LogP contribution in [0.3, 0.4) is 0 Å². The molecule has 8 heteroatoms. The van der Waals surface area contributed by atoms with Gasteiger partial charge in [0, 0.05) is 44.3 Å². The van der Waals surface area contributed by atoms with Crippen LogP contribution in [0.15, 0.2) is 109 Å². The summed E-state index contributed by atoms with van der Waals surface area (Å²) in [4.78, 5) is 31.7. The zero-order chi connectivity index (χ0) is 65.7. The predicted molar refractivity (Wildman–Crippen MR) is 388 cm³/mol. The van der Waals surface area contributed by atoms with Gasteiger partial charge in [0.2, 0.25) is 0 Å².